The number of hydrogen-bond acceptors (Lipinski definition) is 1. The van der Waals surface area contributed by atoms with E-state index in [0.29, 0.717) is 0 Å². The summed E-state index contributed by atoms with van der Waals surface area (Å²) in [7, 11) is 0. The van der Waals surface area contributed by atoms with E-state index in [4.69, 9.17) is 0 Å². The Kier molecular flexibility index (Phi) is 7.11. The van der Waals surface area contributed by atoms with Crippen LogP contribution in [0, 0.1) is 0 Å². The smallest absolute Gasteiger partial charge is 0.153 e. The van der Waals surface area contributed by atoms with Gasteiger partial charge < -0.3 is 13.5 Å². The number of allylic oxidation sites excluding steroid dienone is 2. The van der Waals surface area contributed by atoms with Crippen LogP contribution < -0.4 is 0 Å². The molecular weight excluding hydrogens is 529 g/mol. The van der Waals surface area contributed by atoms with Crippen molar-refractivity contribution in [1.29, 1.82) is 0 Å². The average molecular weight is 547 g/mol. The van der Waals surface area contributed by atoms with Gasteiger partial charge in [0.1, 0.15) is 0 Å². The van der Waals surface area contributed by atoms with Gasteiger partial charge in [-0.25, -0.2) is 0 Å². The summed E-state index contributed by atoms with van der Waals surface area (Å²) in [5.41, 5.74) is 4.40. The number of rotatable bonds is 1. The molecule has 1 aliphatic carbocycles. The van der Waals surface area contributed by atoms with Gasteiger partial charge in [0.05, 0.1) is 0 Å². The third-order valence-electron chi connectivity index (χ3n) is 3.43. The van der Waals surface area contributed by atoms with Gasteiger partial charge in [0.2, 0.25) is 0 Å². The monoisotopic (exact) mass is 546 g/mol. The summed E-state index contributed by atoms with van der Waals surface area (Å²) in [5, 5.41) is 1.41. The van der Waals surface area contributed by atoms with Crippen LogP contribution in [-0.4, -0.2) is 28.4 Å². The maximum absolute atomic E-state index is 3.58. The Morgan fingerprint density at radius 1 is 1.21 bits per heavy atom. The molecule has 0 saturated heterocycles. The van der Waals surface area contributed by atoms with E-state index in [1.54, 1.807) is 5.57 Å². The van der Waals surface area contributed by atoms with Crippen LogP contribution >= 0.6 is 25.8 Å². The number of fused-ring (bicyclic) bond motifs is 1. The van der Waals surface area contributed by atoms with Crippen LogP contribution in [0.25, 0.3) is 16.5 Å². The van der Waals surface area contributed by atoms with Gasteiger partial charge in [-0.15, -0.1) is 0 Å². The number of benzene rings is 1. The molecule has 100 valence electrons. The van der Waals surface area contributed by atoms with E-state index in [0.717, 1.165) is 26.1 Å². The number of thiol groups is 1. The first-order valence-corrected chi connectivity index (χ1v) is 8.81. The van der Waals surface area contributed by atoms with Crippen LogP contribution in [0.1, 0.15) is 31.2 Å². The van der Waals surface area contributed by atoms with E-state index >= 15 is 0 Å². The Balaban J connectivity index is 0.000000902. The Morgan fingerprint density at radius 3 is 2.68 bits per heavy atom. The molecule has 0 spiro atoms. The van der Waals surface area contributed by atoms with Crippen molar-refractivity contribution in [2.45, 2.75) is 25.7 Å². The first-order chi connectivity index (χ1) is 8.25. The van der Waals surface area contributed by atoms with E-state index in [1.165, 1.54) is 46.6 Å². The molecule has 0 saturated carbocycles. The van der Waals surface area contributed by atoms with Gasteiger partial charge in [-0.3, -0.25) is 0 Å². The number of aromatic nitrogens is 1. The van der Waals surface area contributed by atoms with Crippen molar-refractivity contribution in [1.82, 2.24) is 2.38 Å². The predicted octanol–water partition coefficient (Wildman–Crippen LogP) is 4.08. The minimum Gasteiger partial charge on any atom is -0.813 e. The molecule has 0 fully saturated rings. The summed E-state index contributed by atoms with van der Waals surface area (Å²) < 4.78 is 3.57. The van der Waals surface area contributed by atoms with E-state index < -0.39 is 0 Å². The van der Waals surface area contributed by atoms with E-state index in [9.17, 15) is 0 Å². The summed E-state index contributed by atoms with van der Waals surface area (Å²) >= 11 is 4.42. The largest absolute Gasteiger partial charge is 0.813 e. The van der Waals surface area contributed by atoms with Gasteiger partial charge in [-0.2, -0.15) is 9.90 Å². The number of nitrogens with zero attached hydrogens (tertiary/aromatic N) is 1. The van der Waals surface area contributed by atoms with Crippen LogP contribution in [0.15, 0.2) is 34.9 Å². The summed E-state index contributed by atoms with van der Waals surface area (Å²) in [6.45, 7) is 0. The number of halogens is 1. The molecule has 1 aromatic heterocycles. The van der Waals surface area contributed by atoms with Crippen molar-refractivity contribution in [3.8, 4) is 0 Å². The maximum atomic E-state index is 3.58. The fourth-order valence-electron chi connectivity index (χ4n) is 2.57. The van der Waals surface area contributed by atoms with Crippen molar-refractivity contribution >= 4 is 81.9 Å². The van der Waals surface area contributed by atoms with Gasteiger partial charge in [-0.1, -0.05) is 0 Å². The molecule has 1 atom stereocenters. The fraction of sp³-hybridized carbons (Fsp3) is 0.286. The first kappa shape index (κ1) is 17.7. The molecule has 1 aliphatic rings. The normalized spacial score (nSPS) is 14.4. The maximum Gasteiger partial charge on any atom is -0.153 e. The molecule has 0 aliphatic heterocycles. The standard InChI is InChI=1S/C14H13BrN.H3P.H2S.Tl/c15-11-6-7-14-12(8-11)13(9-16-14)10-4-2-1-3-5-10;;;/h4,6-9H,1-3,5H2;1H3;1H2;/q-1;;;+1/p-1. The molecule has 0 amide bonds. The van der Waals surface area contributed by atoms with Crippen molar-refractivity contribution < 1.29 is 0 Å². The molecule has 1 unspecified atom stereocenters. The van der Waals surface area contributed by atoms with Gasteiger partial charge in [-0.05, 0) is 0 Å². The fourth-order valence-corrected chi connectivity index (χ4v) is 4.38. The van der Waals surface area contributed by atoms with E-state index in [2.05, 4.69) is 48.8 Å². The van der Waals surface area contributed by atoms with Crippen molar-refractivity contribution in [3.05, 3.63) is 40.5 Å². The molecule has 1 nitrogen and oxygen atoms in total. The first-order valence-electron chi connectivity index (χ1n) is 6.01. The van der Waals surface area contributed by atoms with Crippen molar-refractivity contribution in [3.63, 3.8) is 0 Å². The Hall–Kier alpha value is 0.682. The predicted molar refractivity (Wildman–Crippen MR) is 97.1 cm³/mol. The Morgan fingerprint density at radius 2 is 2.00 bits per heavy atom. The average Bonchev–Trinajstić information content (AvgIpc) is 2.67. The summed E-state index contributed by atoms with van der Waals surface area (Å²) in [5.74, 6) is 0. The van der Waals surface area contributed by atoms with Crippen LogP contribution in [0.5, 0.6) is 0 Å². The van der Waals surface area contributed by atoms with Crippen LogP contribution in [0.3, 0.4) is 0 Å². The minimum absolute atomic E-state index is 0. The molecule has 0 radical (unpaired) electrons. The molecule has 0 bridgehead atoms. The topological polar surface area (TPSA) is 4.93 Å². The van der Waals surface area contributed by atoms with E-state index in [1.807, 2.05) is 0 Å². The molecule has 19 heavy (non-hydrogen) atoms. The Bertz CT molecular complexity index is 609. The zero-order chi connectivity index (χ0) is 11.8. The third-order valence-corrected chi connectivity index (χ3v) is 5.59. The molecular formula is C14H17BrNPSTl-. The quantitative estimate of drug-likeness (QED) is 0.226. The molecule has 0 N–H and O–H groups in total. The summed E-state index contributed by atoms with van der Waals surface area (Å²) in [4.78, 5) is 0. The molecule has 2 aromatic rings. The minimum atomic E-state index is 0. The Labute approximate surface area is 149 Å². The summed E-state index contributed by atoms with van der Waals surface area (Å²) in [6.07, 6.45) is 9.98. The molecule has 1 heterocycles. The van der Waals surface area contributed by atoms with Crippen LogP contribution in [0.2, 0.25) is 0 Å². The number of hydrogen-bond donors (Lipinski definition) is 0. The molecule has 5 heteroatoms. The van der Waals surface area contributed by atoms with Gasteiger partial charge in [0.25, 0.3) is 0 Å². The second-order valence-corrected chi connectivity index (χ2v) is 7.67. The van der Waals surface area contributed by atoms with E-state index in [-0.39, 0.29) is 23.4 Å². The third kappa shape index (κ3) is 3.66. The molecule has 1 aromatic carbocycles. The van der Waals surface area contributed by atoms with Gasteiger partial charge >= 0.3 is 127 Å². The zero-order valence-electron chi connectivity index (χ0n) is 10.8. The van der Waals surface area contributed by atoms with Gasteiger partial charge in [0.15, 0.2) is 0 Å². The second kappa shape index (κ2) is 7.62. The summed E-state index contributed by atoms with van der Waals surface area (Å²) in [6, 6.07) is 6.63. The molecule has 3 rings (SSSR count). The van der Waals surface area contributed by atoms with Crippen molar-refractivity contribution in [2.75, 3.05) is 0 Å². The zero-order valence-corrected chi connectivity index (χ0v) is 19.2. The van der Waals surface area contributed by atoms with Crippen molar-refractivity contribution in [2.24, 2.45) is 0 Å². The van der Waals surface area contributed by atoms with Crippen LogP contribution in [-0.2, 0) is 13.5 Å². The second-order valence-electron chi connectivity index (χ2n) is 4.59. The SMILES string of the molecule is Brc1ccc2c(c1)c(C1=CCCCC1)c[n]2[Tl].P.[SH-]. The van der Waals surface area contributed by atoms with Gasteiger partial charge in [0, 0.05) is 0 Å². The van der Waals surface area contributed by atoms with Crippen LogP contribution in [0.4, 0.5) is 0 Å².